The third-order valence-electron chi connectivity index (χ3n) is 2.79. The van der Waals surface area contributed by atoms with Crippen molar-refractivity contribution in [1.29, 1.82) is 0 Å². The van der Waals surface area contributed by atoms with E-state index in [1.807, 2.05) is 0 Å². The van der Waals surface area contributed by atoms with Crippen molar-refractivity contribution in [3.8, 4) is 5.75 Å². The van der Waals surface area contributed by atoms with Crippen molar-refractivity contribution >= 4 is 0 Å². The average Bonchev–Trinajstić information content (AvgIpc) is 2.76. The number of hydrogen-bond donors (Lipinski definition) is 1. The van der Waals surface area contributed by atoms with Crippen LogP contribution in [-0.4, -0.2) is 21.2 Å². The Morgan fingerprint density at radius 1 is 1.25 bits per heavy atom. The highest BCUT2D eigenvalue weighted by Crippen LogP contribution is 2.24. The minimum absolute atomic E-state index is 0.281. The van der Waals surface area contributed by atoms with Gasteiger partial charge in [0.25, 0.3) is 0 Å². The molecule has 0 saturated heterocycles. The minimum Gasteiger partial charge on any atom is -0.406 e. The highest BCUT2D eigenvalue weighted by Gasteiger charge is 2.30. The monoisotopic (exact) mass is 286 g/mol. The summed E-state index contributed by atoms with van der Waals surface area (Å²) in [5.41, 5.74) is 1.34. The van der Waals surface area contributed by atoms with Crippen LogP contribution < -0.4 is 4.74 Å². The SMILES string of the molecule is Cn1nccc1C(O)Cc1ccc(OC(F)(F)F)cc1. The first-order chi connectivity index (χ1) is 9.35. The number of aromatic nitrogens is 2. The maximum atomic E-state index is 12.0. The summed E-state index contributed by atoms with van der Waals surface area (Å²) in [7, 11) is 1.71. The van der Waals surface area contributed by atoms with Crippen molar-refractivity contribution in [3.63, 3.8) is 0 Å². The normalized spacial score (nSPS) is 13.2. The summed E-state index contributed by atoms with van der Waals surface area (Å²) >= 11 is 0. The summed E-state index contributed by atoms with van der Waals surface area (Å²) in [6.45, 7) is 0. The molecule has 0 fully saturated rings. The molecule has 0 aliphatic carbocycles. The molecule has 1 atom stereocenters. The van der Waals surface area contributed by atoms with Crippen LogP contribution >= 0.6 is 0 Å². The van der Waals surface area contributed by atoms with Gasteiger partial charge >= 0.3 is 6.36 Å². The van der Waals surface area contributed by atoms with Gasteiger partial charge in [0, 0.05) is 19.7 Å². The molecule has 0 aliphatic heterocycles. The van der Waals surface area contributed by atoms with Gasteiger partial charge in [-0.25, -0.2) is 0 Å². The van der Waals surface area contributed by atoms with Gasteiger partial charge in [-0.15, -0.1) is 13.2 Å². The Morgan fingerprint density at radius 2 is 1.90 bits per heavy atom. The molecule has 2 rings (SSSR count). The van der Waals surface area contributed by atoms with Crippen LogP contribution in [0.1, 0.15) is 17.4 Å². The van der Waals surface area contributed by atoms with Gasteiger partial charge in [-0.1, -0.05) is 12.1 Å². The summed E-state index contributed by atoms with van der Waals surface area (Å²) in [4.78, 5) is 0. The number of aliphatic hydroxyl groups excluding tert-OH is 1. The van der Waals surface area contributed by atoms with Crippen LogP contribution in [0.25, 0.3) is 0 Å². The number of halogens is 3. The van der Waals surface area contributed by atoms with Crippen molar-refractivity contribution in [1.82, 2.24) is 9.78 Å². The smallest absolute Gasteiger partial charge is 0.406 e. The summed E-state index contributed by atoms with van der Waals surface area (Å²) in [5.74, 6) is -0.281. The molecule has 1 aromatic carbocycles. The number of ether oxygens (including phenoxy) is 1. The first kappa shape index (κ1) is 14.4. The molecule has 1 N–H and O–H groups in total. The van der Waals surface area contributed by atoms with E-state index in [1.165, 1.54) is 24.3 Å². The fourth-order valence-electron chi connectivity index (χ4n) is 1.87. The van der Waals surface area contributed by atoms with Gasteiger partial charge in [-0.05, 0) is 23.8 Å². The van der Waals surface area contributed by atoms with Crippen molar-refractivity contribution < 1.29 is 23.0 Å². The lowest BCUT2D eigenvalue weighted by Gasteiger charge is -2.12. The van der Waals surface area contributed by atoms with E-state index < -0.39 is 12.5 Å². The Kier molecular flexibility index (Phi) is 3.99. The Balaban J connectivity index is 2.02. The number of alkyl halides is 3. The van der Waals surface area contributed by atoms with Crippen LogP contribution in [0.2, 0.25) is 0 Å². The summed E-state index contributed by atoms with van der Waals surface area (Å²) in [5, 5.41) is 14.0. The molecule has 0 spiro atoms. The van der Waals surface area contributed by atoms with Gasteiger partial charge in [0.1, 0.15) is 5.75 Å². The number of aliphatic hydroxyl groups is 1. The van der Waals surface area contributed by atoms with Crippen molar-refractivity contribution in [2.75, 3.05) is 0 Å². The van der Waals surface area contributed by atoms with Crippen LogP contribution in [0.4, 0.5) is 13.2 Å². The Morgan fingerprint density at radius 3 is 2.40 bits per heavy atom. The predicted octanol–water partition coefficient (Wildman–Crippen LogP) is 2.59. The molecule has 7 heteroatoms. The molecule has 0 aliphatic rings. The summed E-state index contributed by atoms with van der Waals surface area (Å²) in [6.07, 6.45) is -3.61. The highest BCUT2D eigenvalue weighted by molar-refractivity contribution is 5.28. The molecule has 1 heterocycles. The summed E-state index contributed by atoms with van der Waals surface area (Å²) in [6, 6.07) is 7.10. The zero-order chi connectivity index (χ0) is 14.8. The highest BCUT2D eigenvalue weighted by atomic mass is 19.4. The molecule has 2 aromatic rings. The maximum absolute atomic E-state index is 12.0. The largest absolute Gasteiger partial charge is 0.573 e. The zero-order valence-electron chi connectivity index (χ0n) is 10.6. The van der Waals surface area contributed by atoms with E-state index >= 15 is 0 Å². The lowest BCUT2D eigenvalue weighted by atomic mass is 10.1. The van der Waals surface area contributed by atoms with E-state index in [0.29, 0.717) is 11.3 Å². The molecule has 20 heavy (non-hydrogen) atoms. The minimum atomic E-state index is -4.70. The second-order valence-electron chi connectivity index (χ2n) is 4.29. The van der Waals surface area contributed by atoms with Gasteiger partial charge < -0.3 is 9.84 Å². The van der Waals surface area contributed by atoms with E-state index in [4.69, 9.17) is 0 Å². The quantitative estimate of drug-likeness (QED) is 0.939. The first-order valence-electron chi connectivity index (χ1n) is 5.86. The number of benzene rings is 1. The van der Waals surface area contributed by atoms with E-state index in [-0.39, 0.29) is 12.2 Å². The molecular formula is C13H13F3N2O2. The van der Waals surface area contributed by atoms with Crippen LogP contribution in [0.3, 0.4) is 0 Å². The predicted molar refractivity (Wildman–Crippen MR) is 65.0 cm³/mol. The fraction of sp³-hybridized carbons (Fsp3) is 0.308. The van der Waals surface area contributed by atoms with Gasteiger partial charge in [0.2, 0.25) is 0 Å². The van der Waals surface area contributed by atoms with E-state index in [2.05, 4.69) is 9.84 Å². The fourth-order valence-corrected chi connectivity index (χ4v) is 1.87. The van der Waals surface area contributed by atoms with Crippen LogP contribution in [0.5, 0.6) is 5.75 Å². The molecule has 1 aromatic heterocycles. The molecule has 0 saturated carbocycles. The van der Waals surface area contributed by atoms with Crippen molar-refractivity contribution in [2.24, 2.45) is 7.05 Å². The van der Waals surface area contributed by atoms with Crippen LogP contribution in [0.15, 0.2) is 36.5 Å². The lowest BCUT2D eigenvalue weighted by Crippen LogP contribution is -2.17. The van der Waals surface area contributed by atoms with E-state index in [1.54, 1.807) is 24.0 Å². The average molecular weight is 286 g/mol. The number of aryl methyl sites for hydroxylation is 1. The molecule has 0 amide bonds. The third kappa shape index (κ3) is 3.74. The first-order valence-corrected chi connectivity index (χ1v) is 5.86. The molecule has 0 radical (unpaired) electrons. The molecule has 0 bridgehead atoms. The van der Waals surface area contributed by atoms with E-state index in [9.17, 15) is 18.3 Å². The van der Waals surface area contributed by atoms with Gasteiger partial charge in [0.05, 0.1) is 11.8 Å². The second-order valence-corrected chi connectivity index (χ2v) is 4.29. The standard InChI is InChI=1S/C13H13F3N2O2/c1-18-11(6-7-17-18)12(19)8-9-2-4-10(5-3-9)20-13(14,15)16/h2-7,12,19H,8H2,1H3. The number of nitrogens with zero attached hydrogens (tertiary/aromatic N) is 2. The zero-order valence-corrected chi connectivity index (χ0v) is 10.6. The van der Waals surface area contributed by atoms with Crippen LogP contribution in [-0.2, 0) is 13.5 Å². The van der Waals surface area contributed by atoms with Crippen molar-refractivity contribution in [2.45, 2.75) is 18.9 Å². The van der Waals surface area contributed by atoms with Crippen molar-refractivity contribution in [3.05, 3.63) is 47.8 Å². The maximum Gasteiger partial charge on any atom is 0.573 e. The number of hydrogen-bond acceptors (Lipinski definition) is 3. The second kappa shape index (κ2) is 5.54. The van der Waals surface area contributed by atoms with Gasteiger partial charge in [-0.2, -0.15) is 5.10 Å². The molecule has 1 unspecified atom stereocenters. The van der Waals surface area contributed by atoms with Crippen LogP contribution in [0, 0.1) is 0 Å². The topological polar surface area (TPSA) is 47.3 Å². The Labute approximate surface area is 113 Å². The number of rotatable bonds is 4. The Hall–Kier alpha value is -2.02. The molecule has 108 valence electrons. The van der Waals surface area contributed by atoms with Gasteiger partial charge in [0.15, 0.2) is 0 Å². The lowest BCUT2D eigenvalue weighted by molar-refractivity contribution is -0.274. The molecule has 4 nitrogen and oxygen atoms in total. The van der Waals surface area contributed by atoms with Gasteiger partial charge in [-0.3, -0.25) is 4.68 Å². The Bertz CT molecular complexity index is 564. The summed E-state index contributed by atoms with van der Waals surface area (Å²) < 4.78 is 41.4. The molecular weight excluding hydrogens is 273 g/mol. The van der Waals surface area contributed by atoms with E-state index in [0.717, 1.165) is 0 Å². The third-order valence-corrected chi connectivity index (χ3v) is 2.79.